The molecule has 5 rings (SSSR count). The number of rotatable bonds is 8. The largest absolute Gasteiger partial charge is 0.493 e. The molecule has 42 heavy (non-hydrogen) atoms. The highest BCUT2D eigenvalue weighted by Crippen LogP contribution is 2.41. The standard InChI is InChI=1S/C27H21F5N6O4/c1-37-25-18(17-9-21(41-2)22(10-19(17)29)42-12-23-33-13-34-36-23)7-14(27(30,31)32)8-20(25)38(26(37)40)11-24(39)35-16-5-3-15(28)4-6-16/h3-10,13H,11-12H2,1-2H3,(H,35,39)(H,33,34,36). The first-order chi connectivity index (χ1) is 20.0. The third kappa shape index (κ3) is 5.53. The molecule has 0 bridgehead atoms. The Morgan fingerprint density at radius 3 is 2.43 bits per heavy atom. The van der Waals surface area contributed by atoms with Gasteiger partial charge >= 0.3 is 11.9 Å². The number of aryl methyl sites for hydroxylation is 1. The maximum atomic E-state index is 15.6. The van der Waals surface area contributed by atoms with Crippen molar-refractivity contribution in [3.05, 3.63) is 88.4 Å². The molecule has 0 unspecified atom stereocenters. The summed E-state index contributed by atoms with van der Waals surface area (Å²) in [6.45, 7) is -0.797. The van der Waals surface area contributed by atoms with Crippen LogP contribution in [0.1, 0.15) is 11.4 Å². The van der Waals surface area contributed by atoms with E-state index in [1.807, 2.05) is 0 Å². The first-order valence-electron chi connectivity index (χ1n) is 12.2. The molecule has 0 aliphatic heterocycles. The molecule has 2 aromatic heterocycles. The molecule has 0 aliphatic rings. The van der Waals surface area contributed by atoms with Gasteiger partial charge in [-0.1, -0.05) is 0 Å². The lowest BCUT2D eigenvalue weighted by atomic mass is 9.99. The number of carbonyl (C=O) groups is 1. The molecule has 0 saturated carbocycles. The van der Waals surface area contributed by atoms with Crippen LogP contribution < -0.4 is 20.5 Å². The number of hydrogen-bond acceptors (Lipinski definition) is 6. The molecule has 0 saturated heterocycles. The van der Waals surface area contributed by atoms with E-state index in [-0.39, 0.29) is 46.0 Å². The highest BCUT2D eigenvalue weighted by atomic mass is 19.4. The van der Waals surface area contributed by atoms with E-state index in [1.54, 1.807) is 0 Å². The van der Waals surface area contributed by atoms with Crippen LogP contribution in [-0.4, -0.2) is 37.3 Å². The lowest BCUT2D eigenvalue weighted by Gasteiger charge is -2.16. The van der Waals surface area contributed by atoms with Crippen LogP contribution in [0.2, 0.25) is 0 Å². The fourth-order valence-electron chi connectivity index (χ4n) is 4.42. The number of H-pyrrole nitrogens is 1. The molecular formula is C27H21F5N6O4. The number of nitrogens with zero attached hydrogens (tertiary/aromatic N) is 4. The van der Waals surface area contributed by atoms with E-state index >= 15 is 4.39 Å². The third-order valence-corrected chi connectivity index (χ3v) is 6.37. The van der Waals surface area contributed by atoms with Crippen molar-refractivity contribution in [2.24, 2.45) is 7.05 Å². The number of amides is 1. The number of aromatic amines is 1. The highest BCUT2D eigenvalue weighted by Gasteiger charge is 2.33. The van der Waals surface area contributed by atoms with Gasteiger partial charge in [0.2, 0.25) is 5.91 Å². The number of carbonyl (C=O) groups excluding carboxylic acids is 1. The van der Waals surface area contributed by atoms with Crippen molar-refractivity contribution in [1.82, 2.24) is 24.3 Å². The van der Waals surface area contributed by atoms with Crippen LogP contribution in [0.4, 0.5) is 27.6 Å². The fraction of sp³-hybridized carbons (Fsp3) is 0.185. The van der Waals surface area contributed by atoms with Crippen LogP contribution in [0.25, 0.3) is 22.2 Å². The number of methoxy groups -OCH3 is 1. The molecule has 0 radical (unpaired) electrons. The first-order valence-corrected chi connectivity index (χ1v) is 12.2. The Labute approximate surface area is 233 Å². The number of halogens is 5. The van der Waals surface area contributed by atoms with E-state index < -0.39 is 41.5 Å². The number of ether oxygens (including phenoxy) is 2. The summed E-state index contributed by atoms with van der Waals surface area (Å²) in [6, 6.07) is 8.32. The minimum absolute atomic E-state index is 0.000384. The van der Waals surface area contributed by atoms with Gasteiger partial charge < -0.3 is 19.8 Å². The topological polar surface area (TPSA) is 116 Å². The Balaban J connectivity index is 1.61. The summed E-state index contributed by atoms with van der Waals surface area (Å²) in [6.07, 6.45) is -3.56. The molecule has 1 amide bonds. The quantitative estimate of drug-likeness (QED) is 0.255. The zero-order chi connectivity index (χ0) is 30.2. The predicted octanol–water partition coefficient (Wildman–Crippen LogP) is 4.65. The molecule has 5 aromatic rings. The van der Waals surface area contributed by atoms with Gasteiger partial charge in [0.05, 0.1) is 23.7 Å². The number of benzene rings is 3. The number of hydrogen-bond donors (Lipinski definition) is 2. The van der Waals surface area contributed by atoms with Crippen LogP contribution in [0, 0.1) is 11.6 Å². The van der Waals surface area contributed by atoms with Crippen molar-refractivity contribution < 1.29 is 36.2 Å². The van der Waals surface area contributed by atoms with Crippen molar-refractivity contribution >= 4 is 22.6 Å². The molecule has 0 fully saturated rings. The summed E-state index contributed by atoms with van der Waals surface area (Å²) in [5.74, 6) is -1.97. The van der Waals surface area contributed by atoms with Crippen molar-refractivity contribution in [2.75, 3.05) is 12.4 Å². The second-order valence-corrected chi connectivity index (χ2v) is 9.08. The number of fused-ring (bicyclic) bond motifs is 1. The molecule has 0 spiro atoms. The molecule has 3 aromatic carbocycles. The van der Waals surface area contributed by atoms with E-state index in [4.69, 9.17) is 9.47 Å². The van der Waals surface area contributed by atoms with E-state index in [1.165, 1.54) is 32.6 Å². The summed E-state index contributed by atoms with van der Waals surface area (Å²) in [4.78, 5) is 28.6. The Morgan fingerprint density at radius 2 is 1.79 bits per heavy atom. The molecule has 2 heterocycles. The average molecular weight is 588 g/mol. The second-order valence-electron chi connectivity index (χ2n) is 9.08. The van der Waals surface area contributed by atoms with Crippen molar-refractivity contribution in [3.63, 3.8) is 0 Å². The molecule has 10 nitrogen and oxygen atoms in total. The summed E-state index contributed by atoms with van der Waals surface area (Å²) >= 11 is 0. The summed E-state index contributed by atoms with van der Waals surface area (Å²) in [7, 11) is 2.56. The Bertz CT molecular complexity index is 1830. The van der Waals surface area contributed by atoms with Gasteiger partial charge in [0.25, 0.3) is 0 Å². The number of alkyl halides is 3. The molecule has 2 N–H and O–H groups in total. The van der Waals surface area contributed by atoms with Gasteiger partial charge in [-0.25, -0.2) is 13.6 Å². The minimum atomic E-state index is -4.88. The smallest absolute Gasteiger partial charge is 0.416 e. The molecule has 15 heteroatoms. The molecule has 218 valence electrons. The lowest BCUT2D eigenvalue weighted by Crippen LogP contribution is -2.28. The van der Waals surface area contributed by atoms with E-state index in [2.05, 4.69) is 20.5 Å². The number of aromatic nitrogens is 5. The Hall–Kier alpha value is -5.21. The SMILES string of the molecule is COc1cc(-c2cc(C(F)(F)F)cc3c2n(C)c(=O)n3CC(=O)Nc2ccc(F)cc2)c(F)cc1OCc1nnc[nH]1. The normalized spacial score (nSPS) is 11.6. The predicted molar refractivity (Wildman–Crippen MR) is 140 cm³/mol. The zero-order valence-electron chi connectivity index (χ0n) is 21.9. The second kappa shape index (κ2) is 11.0. The summed E-state index contributed by atoms with van der Waals surface area (Å²) in [5, 5.41) is 9.84. The van der Waals surface area contributed by atoms with E-state index in [9.17, 15) is 27.2 Å². The van der Waals surface area contributed by atoms with Gasteiger partial charge in [-0.15, -0.1) is 10.2 Å². The lowest BCUT2D eigenvalue weighted by molar-refractivity contribution is -0.137. The maximum Gasteiger partial charge on any atom is 0.416 e. The van der Waals surface area contributed by atoms with Crippen molar-refractivity contribution in [3.8, 4) is 22.6 Å². The fourth-order valence-corrected chi connectivity index (χ4v) is 4.42. The van der Waals surface area contributed by atoms with Gasteiger partial charge in [-0.2, -0.15) is 13.2 Å². The van der Waals surface area contributed by atoms with Crippen LogP contribution in [0.5, 0.6) is 11.5 Å². The van der Waals surface area contributed by atoms with Gasteiger partial charge in [0.1, 0.15) is 31.1 Å². The summed E-state index contributed by atoms with van der Waals surface area (Å²) < 4.78 is 83.6. The molecule has 0 aliphatic carbocycles. The van der Waals surface area contributed by atoms with E-state index in [0.29, 0.717) is 5.82 Å². The van der Waals surface area contributed by atoms with Crippen LogP contribution in [0.3, 0.4) is 0 Å². The molecule has 0 atom stereocenters. The van der Waals surface area contributed by atoms with Crippen LogP contribution >= 0.6 is 0 Å². The first kappa shape index (κ1) is 28.3. The number of nitrogens with one attached hydrogen (secondary N) is 2. The monoisotopic (exact) mass is 588 g/mol. The average Bonchev–Trinajstić information content (AvgIpc) is 3.55. The number of anilines is 1. The maximum absolute atomic E-state index is 15.6. The molecular weight excluding hydrogens is 567 g/mol. The number of imidazole rings is 1. The van der Waals surface area contributed by atoms with Crippen molar-refractivity contribution in [1.29, 1.82) is 0 Å². The van der Waals surface area contributed by atoms with Gasteiger partial charge in [0, 0.05) is 29.9 Å². The minimum Gasteiger partial charge on any atom is -0.493 e. The van der Waals surface area contributed by atoms with Crippen LogP contribution in [0.15, 0.2) is 59.7 Å². The highest BCUT2D eigenvalue weighted by molar-refractivity contribution is 5.96. The van der Waals surface area contributed by atoms with Gasteiger partial charge in [0.15, 0.2) is 17.3 Å². The third-order valence-electron chi connectivity index (χ3n) is 6.37. The van der Waals surface area contributed by atoms with Crippen molar-refractivity contribution in [2.45, 2.75) is 19.3 Å². The zero-order valence-corrected chi connectivity index (χ0v) is 21.9. The van der Waals surface area contributed by atoms with Gasteiger partial charge in [-0.05, 0) is 42.5 Å². The van der Waals surface area contributed by atoms with E-state index in [0.717, 1.165) is 45.5 Å². The van der Waals surface area contributed by atoms with Gasteiger partial charge in [-0.3, -0.25) is 13.9 Å². The summed E-state index contributed by atoms with van der Waals surface area (Å²) in [5.41, 5.74) is -2.67. The Morgan fingerprint density at radius 1 is 1.05 bits per heavy atom. The Kier molecular flexibility index (Phi) is 7.41. The van der Waals surface area contributed by atoms with Crippen LogP contribution in [-0.2, 0) is 31.2 Å².